The molecule has 2 aromatic heterocycles. The highest BCUT2D eigenvalue weighted by molar-refractivity contribution is 5.97. The summed E-state index contributed by atoms with van der Waals surface area (Å²) < 4.78 is 2.35. The summed E-state index contributed by atoms with van der Waals surface area (Å²) in [7, 11) is 1.52. The molecule has 8 nitrogen and oxygen atoms in total. The molecule has 0 aliphatic heterocycles. The predicted molar refractivity (Wildman–Crippen MR) is 61.3 cm³/mol. The van der Waals surface area contributed by atoms with Crippen LogP contribution in [-0.4, -0.2) is 30.4 Å². The lowest BCUT2D eigenvalue weighted by Crippen LogP contribution is -2.17. The molecular weight excluding hydrogens is 238 g/mol. The monoisotopic (exact) mass is 249 g/mol. The van der Waals surface area contributed by atoms with Crippen LogP contribution in [-0.2, 0) is 7.05 Å². The number of aryl methyl sites for hydroxylation is 3. The van der Waals surface area contributed by atoms with Crippen LogP contribution in [0, 0.1) is 24.0 Å². The average molecular weight is 249 g/mol. The minimum Gasteiger partial charge on any atom is -0.268 e. The Balaban J connectivity index is 2.52. The van der Waals surface area contributed by atoms with Gasteiger partial charge in [0.05, 0.1) is 10.6 Å². The Labute approximate surface area is 102 Å². The summed E-state index contributed by atoms with van der Waals surface area (Å²) >= 11 is 0. The Kier molecular flexibility index (Phi) is 2.70. The molecule has 2 aromatic rings. The molecule has 0 aromatic carbocycles. The Morgan fingerprint density at radius 1 is 1.39 bits per heavy atom. The first-order valence-corrected chi connectivity index (χ1v) is 5.16. The lowest BCUT2D eigenvalue weighted by molar-refractivity contribution is -0.385. The van der Waals surface area contributed by atoms with Crippen molar-refractivity contribution in [3.05, 3.63) is 39.5 Å². The number of rotatable bonds is 2. The molecule has 0 N–H and O–H groups in total. The van der Waals surface area contributed by atoms with Gasteiger partial charge in [0.25, 0.3) is 0 Å². The van der Waals surface area contributed by atoms with Gasteiger partial charge in [-0.25, -0.2) is 0 Å². The molecule has 0 spiro atoms. The number of hydrogen-bond acceptors (Lipinski definition) is 5. The number of carbonyl (C=O) groups is 1. The van der Waals surface area contributed by atoms with Gasteiger partial charge in [0, 0.05) is 12.7 Å². The quantitative estimate of drug-likeness (QED) is 0.580. The van der Waals surface area contributed by atoms with Crippen LogP contribution in [0.2, 0.25) is 0 Å². The smallest absolute Gasteiger partial charge is 0.268 e. The molecule has 94 valence electrons. The summed E-state index contributed by atoms with van der Waals surface area (Å²) in [4.78, 5) is 22.3. The Morgan fingerprint density at radius 3 is 2.56 bits per heavy atom. The van der Waals surface area contributed by atoms with E-state index in [-0.39, 0.29) is 11.4 Å². The van der Waals surface area contributed by atoms with Crippen LogP contribution < -0.4 is 0 Å². The molecule has 0 amide bonds. The van der Waals surface area contributed by atoms with Gasteiger partial charge < -0.3 is 0 Å². The molecule has 0 saturated carbocycles. The molecular formula is C10H11N5O3. The van der Waals surface area contributed by atoms with Crippen LogP contribution in [0.15, 0.2) is 12.3 Å². The van der Waals surface area contributed by atoms with Crippen molar-refractivity contribution >= 4 is 11.6 Å². The number of hydrogen-bond donors (Lipinski definition) is 0. The average Bonchev–Trinajstić information content (AvgIpc) is 2.81. The van der Waals surface area contributed by atoms with Gasteiger partial charge in [-0.05, 0) is 19.9 Å². The highest BCUT2D eigenvalue weighted by atomic mass is 16.6. The van der Waals surface area contributed by atoms with E-state index in [2.05, 4.69) is 10.2 Å². The van der Waals surface area contributed by atoms with E-state index < -0.39 is 10.8 Å². The topological polar surface area (TPSA) is 95.8 Å². The number of carbonyl (C=O) groups excluding carboxylic acids is 1. The van der Waals surface area contributed by atoms with Crippen molar-refractivity contribution in [1.82, 2.24) is 19.6 Å². The first-order valence-electron chi connectivity index (χ1n) is 5.16. The van der Waals surface area contributed by atoms with Crippen LogP contribution in [0.4, 0.5) is 5.69 Å². The van der Waals surface area contributed by atoms with E-state index in [1.54, 1.807) is 19.9 Å². The molecule has 18 heavy (non-hydrogen) atoms. The molecule has 0 aliphatic rings. The van der Waals surface area contributed by atoms with Crippen molar-refractivity contribution < 1.29 is 9.72 Å². The van der Waals surface area contributed by atoms with E-state index in [4.69, 9.17) is 0 Å². The molecule has 0 atom stereocenters. The van der Waals surface area contributed by atoms with Crippen molar-refractivity contribution in [3.63, 3.8) is 0 Å². The third-order valence-corrected chi connectivity index (χ3v) is 2.41. The first kappa shape index (κ1) is 12.0. The summed E-state index contributed by atoms with van der Waals surface area (Å²) in [5.41, 5.74) is 0.737. The van der Waals surface area contributed by atoms with Crippen molar-refractivity contribution in [3.8, 4) is 0 Å². The zero-order valence-electron chi connectivity index (χ0n) is 10.1. The molecule has 0 saturated heterocycles. The molecule has 0 fully saturated rings. The Bertz CT molecular complexity index is 640. The second kappa shape index (κ2) is 4.06. The van der Waals surface area contributed by atoms with E-state index in [9.17, 15) is 14.9 Å². The van der Waals surface area contributed by atoms with Gasteiger partial charge >= 0.3 is 11.6 Å². The van der Waals surface area contributed by atoms with Crippen LogP contribution >= 0.6 is 0 Å². The first-order chi connectivity index (χ1) is 8.40. The van der Waals surface area contributed by atoms with E-state index >= 15 is 0 Å². The maximum atomic E-state index is 12.1. The van der Waals surface area contributed by atoms with Crippen LogP contribution in [0.25, 0.3) is 0 Å². The van der Waals surface area contributed by atoms with Crippen LogP contribution in [0.3, 0.4) is 0 Å². The lowest BCUT2D eigenvalue weighted by atomic mass is 10.3. The maximum absolute atomic E-state index is 12.1. The number of aromatic nitrogens is 4. The van der Waals surface area contributed by atoms with Crippen molar-refractivity contribution in [1.29, 1.82) is 0 Å². The van der Waals surface area contributed by atoms with Gasteiger partial charge in [0.15, 0.2) is 0 Å². The zero-order chi connectivity index (χ0) is 13.4. The van der Waals surface area contributed by atoms with E-state index in [1.165, 1.54) is 17.9 Å². The summed E-state index contributed by atoms with van der Waals surface area (Å²) in [6.45, 7) is 3.44. The Morgan fingerprint density at radius 2 is 2.06 bits per heavy atom. The fourth-order valence-electron chi connectivity index (χ4n) is 1.70. The van der Waals surface area contributed by atoms with Crippen LogP contribution in [0.5, 0.6) is 0 Å². The van der Waals surface area contributed by atoms with E-state index in [0.717, 1.165) is 4.68 Å². The van der Waals surface area contributed by atoms with Gasteiger partial charge in [-0.1, -0.05) is 0 Å². The second-order valence-electron chi connectivity index (χ2n) is 3.94. The summed E-state index contributed by atoms with van der Waals surface area (Å²) in [6.07, 6.45) is 1.19. The number of nitrogens with zero attached hydrogens (tertiary/aromatic N) is 5. The third kappa shape index (κ3) is 1.88. The van der Waals surface area contributed by atoms with Crippen LogP contribution in [0.1, 0.15) is 21.9 Å². The maximum Gasteiger partial charge on any atom is 0.320 e. The fourth-order valence-corrected chi connectivity index (χ4v) is 1.70. The molecule has 0 unspecified atom stereocenters. The minimum atomic E-state index is -0.633. The molecule has 0 bridgehead atoms. The fraction of sp³-hybridized carbons (Fsp3) is 0.300. The lowest BCUT2D eigenvalue weighted by Gasteiger charge is -1.99. The zero-order valence-corrected chi connectivity index (χ0v) is 10.1. The van der Waals surface area contributed by atoms with Gasteiger partial charge in [0.1, 0.15) is 6.20 Å². The highest BCUT2D eigenvalue weighted by Crippen LogP contribution is 2.18. The summed E-state index contributed by atoms with van der Waals surface area (Å²) in [5, 5.41) is 18.6. The van der Waals surface area contributed by atoms with Gasteiger partial charge in [-0.3, -0.25) is 19.6 Å². The molecule has 2 heterocycles. The SMILES string of the molecule is Cc1cc(C)n(C(=O)c2nn(C)cc2[N+](=O)[O-])n1. The van der Waals surface area contributed by atoms with Crippen molar-refractivity contribution in [2.24, 2.45) is 7.05 Å². The van der Waals surface area contributed by atoms with Gasteiger partial charge in [-0.15, -0.1) is 0 Å². The van der Waals surface area contributed by atoms with E-state index in [1.807, 2.05) is 0 Å². The summed E-state index contributed by atoms with van der Waals surface area (Å²) in [6, 6.07) is 1.71. The highest BCUT2D eigenvalue weighted by Gasteiger charge is 2.27. The van der Waals surface area contributed by atoms with Crippen molar-refractivity contribution in [2.75, 3.05) is 0 Å². The second-order valence-corrected chi connectivity index (χ2v) is 3.94. The predicted octanol–water partition coefficient (Wildman–Crippen LogP) is 0.830. The molecule has 0 radical (unpaired) electrons. The molecule has 0 aliphatic carbocycles. The largest absolute Gasteiger partial charge is 0.320 e. The van der Waals surface area contributed by atoms with Gasteiger partial charge in [-0.2, -0.15) is 14.9 Å². The molecule has 2 rings (SSSR count). The standard InChI is InChI=1S/C10H11N5O3/c1-6-4-7(2)14(11-6)10(16)9-8(15(17)18)5-13(3)12-9/h4-5H,1-3H3. The minimum absolute atomic E-state index is 0.214. The molecule has 8 heteroatoms. The third-order valence-electron chi connectivity index (χ3n) is 2.41. The number of nitro groups is 1. The van der Waals surface area contributed by atoms with Crippen molar-refractivity contribution in [2.45, 2.75) is 13.8 Å². The summed E-state index contributed by atoms with van der Waals surface area (Å²) in [5.74, 6) is -0.604. The Hall–Kier alpha value is -2.51. The van der Waals surface area contributed by atoms with Gasteiger partial charge in [0.2, 0.25) is 5.69 Å². The van der Waals surface area contributed by atoms with E-state index in [0.29, 0.717) is 11.4 Å². The normalized spacial score (nSPS) is 10.6.